The van der Waals surface area contributed by atoms with Crippen LogP contribution in [0.3, 0.4) is 0 Å². The fourth-order valence-corrected chi connectivity index (χ4v) is 3.14. The van der Waals surface area contributed by atoms with Crippen molar-refractivity contribution in [2.75, 3.05) is 33.6 Å². The summed E-state index contributed by atoms with van der Waals surface area (Å²) in [6, 6.07) is 6.31. The van der Waals surface area contributed by atoms with Crippen LogP contribution in [-0.4, -0.2) is 33.6 Å². The third kappa shape index (κ3) is 1.99. The fraction of sp³-hybridized carbons (Fsp3) is 0.600. The summed E-state index contributed by atoms with van der Waals surface area (Å²) in [4.78, 5) is 0. The van der Waals surface area contributed by atoms with E-state index in [2.05, 4.69) is 24.4 Å². The van der Waals surface area contributed by atoms with Crippen molar-refractivity contribution in [1.29, 1.82) is 0 Å². The Morgan fingerprint density at radius 3 is 2.68 bits per heavy atom. The maximum Gasteiger partial charge on any atom is 0.231 e. The Bertz CT molecular complexity index is 457. The number of rotatable bonds is 5. The molecular weight excluding hydrogens is 242 g/mol. The Balaban J connectivity index is 1.93. The van der Waals surface area contributed by atoms with Crippen LogP contribution < -0.4 is 14.8 Å². The van der Waals surface area contributed by atoms with Gasteiger partial charge in [-0.15, -0.1) is 0 Å². The minimum Gasteiger partial charge on any atom is -0.454 e. The molecule has 1 aromatic carbocycles. The molecule has 0 aromatic heterocycles. The summed E-state index contributed by atoms with van der Waals surface area (Å²) in [6.45, 7) is 5.18. The topological polar surface area (TPSA) is 39.7 Å². The van der Waals surface area contributed by atoms with Crippen molar-refractivity contribution in [2.45, 2.75) is 18.8 Å². The first-order chi connectivity index (χ1) is 9.30. The van der Waals surface area contributed by atoms with Crippen molar-refractivity contribution < 1.29 is 14.2 Å². The molecule has 1 atom stereocenters. The molecule has 2 aliphatic rings. The fourth-order valence-electron chi connectivity index (χ4n) is 3.14. The quantitative estimate of drug-likeness (QED) is 0.881. The summed E-state index contributed by atoms with van der Waals surface area (Å²) in [5, 5.41) is 3.30. The molecule has 4 heteroatoms. The van der Waals surface area contributed by atoms with Crippen molar-refractivity contribution in [1.82, 2.24) is 5.32 Å². The minimum atomic E-state index is 0.124. The zero-order chi connectivity index (χ0) is 13.3. The van der Waals surface area contributed by atoms with Crippen molar-refractivity contribution in [2.24, 2.45) is 5.92 Å². The average molecular weight is 263 g/mol. The Morgan fingerprint density at radius 2 is 2.05 bits per heavy atom. The highest BCUT2D eigenvalue weighted by Crippen LogP contribution is 2.44. The molecule has 1 unspecified atom stereocenters. The van der Waals surface area contributed by atoms with Gasteiger partial charge >= 0.3 is 0 Å². The second kappa shape index (κ2) is 5.02. The summed E-state index contributed by atoms with van der Waals surface area (Å²) in [5.41, 5.74) is 1.43. The van der Waals surface area contributed by atoms with Crippen molar-refractivity contribution >= 4 is 0 Å². The Labute approximate surface area is 114 Å². The van der Waals surface area contributed by atoms with Gasteiger partial charge in [-0.05, 0) is 37.2 Å². The second-order valence-electron chi connectivity index (χ2n) is 5.38. The maximum absolute atomic E-state index is 5.54. The van der Waals surface area contributed by atoms with Crippen LogP contribution in [0.15, 0.2) is 18.2 Å². The molecule has 0 amide bonds. The van der Waals surface area contributed by atoms with Crippen molar-refractivity contribution in [3.8, 4) is 11.5 Å². The minimum absolute atomic E-state index is 0.124. The molecule has 1 N–H and O–H groups in total. The molecule has 3 rings (SSSR count). The highest BCUT2D eigenvalue weighted by Gasteiger charge is 2.46. The summed E-state index contributed by atoms with van der Waals surface area (Å²) >= 11 is 0. The van der Waals surface area contributed by atoms with Gasteiger partial charge in [0.1, 0.15) is 0 Å². The molecule has 0 spiro atoms. The summed E-state index contributed by atoms with van der Waals surface area (Å²) in [7, 11) is 2.01. The molecule has 1 fully saturated rings. The smallest absolute Gasteiger partial charge is 0.231 e. The predicted molar refractivity (Wildman–Crippen MR) is 72.8 cm³/mol. The van der Waals surface area contributed by atoms with Crippen LogP contribution in [-0.2, 0) is 10.2 Å². The van der Waals surface area contributed by atoms with Crippen LogP contribution in [0.2, 0.25) is 0 Å². The lowest BCUT2D eigenvalue weighted by Gasteiger charge is -2.47. The van der Waals surface area contributed by atoms with Crippen LogP contribution in [0, 0.1) is 5.92 Å². The average Bonchev–Trinajstić information content (AvgIpc) is 2.84. The van der Waals surface area contributed by atoms with E-state index in [9.17, 15) is 0 Å². The lowest BCUT2D eigenvalue weighted by atomic mass is 9.67. The number of ether oxygens (including phenoxy) is 3. The first-order valence-corrected chi connectivity index (χ1v) is 6.92. The number of hydrogen-bond donors (Lipinski definition) is 1. The monoisotopic (exact) mass is 263 g/mol. The van der Waals surface area contributed by atoms with Crippen LogP contribution >= 0.6 is 0 Å². The van der Waals surface area contributed by atoms with Gasteiger partial charge in [0.2, 0.25) is 6.79 Å². The zero-order valence-electron chi connectivity index (χ0n) is 11.6. The zero-order valence-corrected chi connectivity index (χ0v) is 11.6. The third-order valence-corrected chi connectivity index (χ3v) is 4.39. The Kier molecular flexibility index (Phi) is 3.37. The molecule has 0 radical (unpaired) electrons. The van der Waals surface area contributed by atoms with Crippen LogP contribution in [0.1, 0.15) is 18.9 Å². The van der Waals surface area contributed by atoms with Gasteiger partial charge in [-0.2, -0.15) is 0 Å². The molecule has 2 heterocycles. The van der Waals surface area contributed by atoms with Crippen LogP contribution in [0.25, 0.3) is 0 Å². The first kappa shape index (κ1) is 12.8. The van der Waals surface area contributed by atoms with E-state index in [0.717, 1.165) is 37.7 Å². The highest BCUT2D eigenvalue weighted by molar-refractivity contribution is 5.47. The maximum atomic E-state index is 5.54. The normalized spacial score (nSPS) is 20.9. The number of benzene rings is 1. The van der Waals surface area contributed by atoms with Gasteiger partial charge in [-0.1, -0.05) is 19.4 Å². The first-order valence-electron chi connectivity index (χ1n) is 6.92. The van der Waals surface area contributed by atoms with Crippen molar-refractivity contribution in [3.63, 3.8) is 0 Å². The molecule has 4 nitrogen and oxygen atoms in total. The second-order valence-corrected chi connectivity index (χ2v) is 5.38. The SMILES string of the molecule is CCC(CNC)C1(c2ccc3c(c2)OCO3)COC1. The van der Waals surface area contributed by atoms with Gasteiger partial charge in [0.25, 0.3) is 0 Å². The van der Waals surface area contributed by atoms with Gasteiger partial charge in [0.15, 0.2) is 11.5 Å². The largest absolute Gasteiger partial charge is 0.454 e. The lowest BCUT2D eigenvalue weighted by molar-refractivity contribution is -0.0910. The molecule has 0 aliphatic carbocycles. The standard InChI is InChI=1S/C15H21NO3/c1-3-11(7-16-2)15(8-17-9-15)12-4-5-13-14(6-12)19-10-18-13/h4-6,11,16H,3,7-10H2,1-2H3. The van der Waals surface area contributed by atoms with Gasteiger partial charge in [0, 0.05) is 5.41 Å². The molecule has 1 saturated heterocycles. The molecule has 1 aromatic rings. The summed E-state index contributed by atoms with van der Waals surface area (Å²) in [5.74, 6) is 2.29. The van der Waals surface area contributed by atoms with Gasteiger partial charge in [0.05, 0.1) is 13.2 Å². The Hall–Kier alpha value is -1.26. The van der Waals surface area contributed by atoms with Gasteiger partial charge in [-0.3, -0.25) is 0 Å². The number of fused-ring (bicyclic) bond motifs is 1. The molecule has 2 aliphatic heterocycles. The van der Waals surface area contributed by atoms with E-state index in [1.165, 1.54) is 5.56 Å². The van der Waals surface area contributed by atoms with Crippen molar-refractivity contribution in [3.05, 3.63) is 23.8 Å². The molecule has 19 heavy (non-hydrogen) atoms. The summed E-state index contributed by atoms with van der Waals surface area (Å²) < 4.78 is 16.4. The summed E-state index contributed by atoms with van der Waals surface area (Å²) in [6.07, 6.45) is 1.14. The van der Waals surface area contributed by atoms with E-state index in [1.54, 1.807) is 0 Å². The van der Waals surface area contributed by atoms with E-state index < -0.39 is 0 Å². The van der Waals surface area contributed by atoms with E-state index in [-0.39, 0.29) is 5.41 Å². The third-order valence-electron chi connectivity index (χ3n) is 4.39. The van der Waals surface area contributed by atoms with E-state index in [1.807, 2.05) is 13.1 Å². The van der Waals surface area contributed by atoms with Crippen LogP contribution in [0.4, 0.5) is 0 Å². The number of nitrogens with one attached hydrogen (secondary N) is 1. The molecule has 0 bridgehead atoms. The number of hydrogen-bond acceptors (Lipinski definition) is 4. The van der Waals surface area contributed by atoms with E-state index >= 15 is 0 Å². The van der Waals surface area contributed by atoms with E-state index in [4.69, 9.17) is 14.2 Å². The Morgan fingerprint density at radius 1 is 1.26 bits per heavy atom. The molecular formula is C15H21NO3. The predicted octanol–water partition coefficient (Wildman–Crippen LogP) is 1.93. The lowest BCUT2D eigenvalue weighted by Crippen LogP contribution is -2.54. The van der Waals surface area contributed by atoms with E-state index in [0.29, 0.717) is 12.7 Å². The van der Waals surface area contributed by atoms with Gasteiger partial charge < -0.3 is 19.5 Å². The molecule has 104 valence electrons. The van der Waals surface area contributed by atoms with Crippen LogP contribution in [0.5, 0.6) is 11.5 Å². The van der Waals surface area contributed by atoms with Gasteiger partial charge in [-0.25, -0.2) is 0 Å². The highest BCUT2D eigenvalue weighted by atomic mass is 16.7. The molecule has 0 saturated carbocycles.